The van der Waals surface area contributed by atoms with Crippen LogP contribution in [0.15, 0.2) is 42.0 Å². The summed E-state index contributed by atoms with van der Waals surface area (Å²) in [6.45, 7) is 0. The van der Waals surface area contributed by atoms with E-state index in [4.69, 9.17) is 9.47 Å². The number of nitriles is 1. The standard InChI is InChI=1S/C18H14I2N2O3/c1-24-15-5-3-14(4-6-15)22-18(23)12(10-21)7-11-8-13(19)9-16(20)17(11)25-2/h3-9H,1-2H3,(H,22,23)/b12-7+. The van der Waals surface area contributed by atoms with E-state index in [1.807, 2.05) is 18.2 Å². The number of ether oxygens (including phenoxy) is 2. The molecule has 0 bridgehead atoms. The first-order valence-electron chi connectivity index (χ1n) is 7.08. The topological polar surface area (TPSA) is 71.3 Å². The van der Waals surface area contributed by atoms with Crippen molar-refractivity contribution in [3.63, 3.8) is 0 Å². The van der Waals surface area contributed by atoms with Crippen LogP contribution in [0.3, 0.4) is 0 Å². The molecule has 0 radical (unpaired) electrons. The summed E-state index contributed by atoms with van der Waals surface area (Å²) >= 11 is 4.34. The minimum absolute atomic E-state index is 0.00748. The molecule has 0 atom stereocenters. The lowest BCUT2D eigenvalue weighted by molar-refractivity contribution is -0.112. The molecule has 128 valence electrons. The molecule has 0 aliphatic rings. The molecule has 0 heterocycles. The van der Waals surface area contributed by atoms with E-state index >= 15 is 0 Å². The predicted molar refractivity (Wildman–Crippen MR) is 114 cm³/mol. The third-order valence-electron chi connectivity index (χ3n) is 3.25. The Bertz CT molecular complexity index is 856. The molecule has 0 aliphatic heterocycles. The fourth-order valence-corrected chi connectivity index (χ4v) is 4.19. The fourth-order valence-electron chi connectivity index (χ4n) is 2.08. The Morgan fingerprint density at radius 3 is 2.40 bits per heavy atom. The molecule has 0 aliphatic carbocycles. The van der Waals surface area contributed by atoms with Crippen molar-refractivity contribution in [2.24, 2.45) is 0 Å². The summed E-state index contributed by atoms with van der Waals surface area (Å²) < 4.78 is 12.4. The maximum Gasteiger partial charge on any atom is 0.266 e. The molecule has 7 heteroatoms. The molecular weight excluding hydrogens is 546 g/mol. The second kappa shape index (κ2) is 9.05. The number of amides is 1. The first kappa shape index (κ1) is 19.5. The van der Waals surface area contributed by atoms with Gasteiger partial charge >= 0.3 is 0 Å². The van der Waals surface area contributed by atoms with Gasteiger partial charge in [-0.25, -0.2) is 0 Å². The van der Waals surface area contributed by atoms with Gasteiger partial charge in [-0.15, -0.1) is 0 Å². The van der Waals surface area contributed by atoms with Crippen LogP contribution in [0.2, 0.25) is 0 Å². The molecule has 2 aromatic carbocycles. The van der Waals surface area contributed by atoms with Crippen LogP contribution >= 0.6 is 45.2 Å². The molecule has 1 N–H and O–H groups in total. The van der Waals surface area contributed by atoms with Gasteiger partial charge in [0.15, 0.2) is 0 Å². The van der Waals surface area contributed by atoms with Gasteiger partial charge in [0.25, 0.3) is 5.91 Å². The molecule has 1 amide bonds. The molecule has 2 aromatic rings. The van der Waals surface area contributed by atoms with Crippen molar-refractivity contribution in [1.29, 1.82) is 5.26 Å². The molecule has 0 aromatic heterocycles. The zero-order valence-corrected chi connectivity index (χ0v) is 17.8. The molecule has 0 saturated heterocycles. The summed E-state index contributed by atoms with van der Waals surface area (Å²) in [5.41, 5.74) is 1.25. The van der Waals surface area contributed by atoms with Gasteiger partial charge in [-0.05, 0) is 87.7 Å². The van der Waals surface area contributed by atoms with Gasteiger partial charge in [-0.1, -0.05) is 0 Å². The van der Waals surface area contributed by atoms with E-state index in [1.165, 1.54) is 6.08 Å². The smallest absolute Gasteiger partial charge is 0.266 e. The molecule has 5 nitrogen and oxygen atoms in total. The number of nitrogens with one attached hydrogen (secondary N) is 1. The number of rotatable bonds is 5. The Hall–Kier alpha value is -1.80. The number of carbonyl (C=O) groups is 1. The summed E-state index contributed by atoms with van der Waals surface area (Å²) in [6, 6.07) is 12.7. The summed E-state index contributed by atoms with van der Waals surface area (Å²) in [5.74, 6) is 0.835. The zero-order valence-electron chi connectivity index (χ0n) is 13.5. The number of anilines is 1. The second-order valence-corrected chi connectivity index (χ2v) is 7.27. The van der Waals surface area contributed by atoms with Crippen LogP contribution in [0.25, 0.3) is 6.08 Å². The van der Waals surface area contributed by atoms with Gasteiger partial charge in [0, 0.05) is 14.8 Å². The van der Waals surface area contributed by atoms with Crippen LogP contribution < -0.4 is 14.8 Å². The van der Waals surface area contributed by atoms with E-state index in [-0.39, 0.29) is 5.57 Å². The summed E-state index contributed by atoms with van der Waals surface area (Å²) in [5, 5.41) is 12.1. The molecular formula is C18H14I2N2O3. The van der Waals surface area contributed by atoms with Crippen molar-refractivity contribution < 1.29 is 14.3 Å². The number of benzene rings is 2. The zero-order chi connectivity index (χ0) is 18.4. The van der Waals surface area contributed by atoms with Crippen LogP contribution in [0.5, 0.6) is 11.5 Å². The summed E-state index contributed by atoms with van der Waals surface area (Å²) in [4.78, 5) is 12.4. The summed E-state index contributed by atoms with van der Waals surface area (Å²) in [7, 11) is 3.13. The average Bonchev–Trinajstić information content (AvgIpc) is 2.59. The molecule has 0 fully saturated rings. The molecule has 2 rings (SSSR count). The first-order chi connectivity index (χ1) is 12.0. The van der Waals surface area contributed by atoms with Crippen LogP contribution in [0.1, 0.15) is 5.56 Å². The van der Waals surface area contributed by atoms with E-state index in [2.05, 4.69) is 50.5 Å². The lowest BCUT2D eigenvalue weighted by atomic mass is 10.1. The number of hydrogen-bond acceptors (Lipinski definition) is 4. The molecule has 25 heavy (non-hydrogen) atoms. The van der Waals surface area contributed by atoms with Crippen molar-refractivity contribution in [2.45, 2.75) is 0 Å². The average molecular weight is 560 g/mol. The van der Waals surface area contributed by atoms with Crippen LogP contribution in [-0.2, 0) is 4.79 Å². The highest BCUT2D eigenvalue weighted by Gasteiger charge is 2.13. The van der Waals surface area contributed by atoms with Gasteiger partial charge in [-0.3, -0.25) is 4.79 Å². The van der Waals surface area contributed by atoms with Crippen LogP contribution in [-0.4, -0.2) is 20.1 Å². The van der Waals surface area contributed by atoms with Crippen LogP contribution in [0, 0.1) is 18.5 Å². The van der Waals surface area contributed by atoms with Crippen molar-refractivity contribution in [1.82, 2.24) is 0 Å². The number of hydrogen-bond donors (Lipinski definition) is 1. The Kier molecular flexibility index (Phi) is 7.07. The quantitative estimate of drug-likeness (QED) is 0.334. The third-order valence-corrected chi connectivity index (χ3v) is 4.68. The highest BCUT2D eigenvalue weighted by Crippen LogP contribution is 2.30. The lowest BCUT2D eigenvalue weighted by Crippen LogP contribution is -2.13. The maximum absolute atomic E-state index is 12.4. The largest absolute Gasteiger partial charge is 0.497 e. The molecule has 0 unspecified atom stereocenters. The first-order valence-corrected chi connectivity index (χ1v) is 9.24. The van der Waals surface area contributed by atoms with E-state index in [0.29, 0.717) is 22.7 Å². The van der Waals surface area contributed by atoms with E-state index in [0.717, 1.165) is 7.14 Å². The van der Waals surface area contributed by atoms with Crippen molar-refractivity contribution in [2.75, 3.05) is 19.5 Å². The Labute approximate surface area is 173 Å². The number of carbonyl (C=O) groups excluding carboxylic acids is 1. The van der Waals surface area contributed by atoms with Gasteiger partial charge in [0.05, 0.1) is 17.8 Å². The highest BCUT2D eigenvalue weighted by atomic mass is 127. The fraction of sp³-hybridized carbons (Fsp3) is 0.111. The highest BCUT2D eigenvalue weighted by molar-refractivity contribution is 14.1. The van der Waals surface area contributed by atoms with Gasteiger partial charge in [0.2, 0.25) is 0 Å². The van der Waals surface area contributed by atoms with E-state index < -0.39 is 5.91 Å². The van der Waals surface area contributed by atoms with E-state index in [1.54, 1.807) is 38.5 Å². The molecule has 0 spiro atoms. The molecule has 0 saturated carbocycles. The Morgan fingerprint density at radius 1 is 1.16 bits per heavy atom. The minimum atomic E-state index is -0.483. The van der Waals surface area contributed by atoms with Crippen molar-refractivity contribution >= 4 is 62.9 Å². The van der Waals surface area contributed by atoms with Crippen LogP contribution in [0.4, 0.5) is 5.69 Å². The minimum Gasteiger partial charge on any atom is -0.497 e. The summed E-state index contributed by atoms with van der Waals surface area (Å²) in [6.07, 6.45) is 1.53. The predicted octanol–water partition coefficient (Wildman–Crippen LogP) is 4.46. The number of nitrogens with zero attached hydrogens (tertiary/aromatic N) is 1. The lowest BCUT2D eigenvalue weighted by Gasteiger charge is -2.09. The van der Waals surface area contributed by atoms with Gasteiger partial charge in [0.1, 0.15) is 23.1 Å². The number of halogens is 2. The van der Waals surface area contributed by atoms with E-state index in [9.17, 15) is 10.1 Å². The SMILES string of the molecule is COc1ccc(NC(=O)/C(C#N)=C/c2cc(I)cc(I)c2OC)cc1. The monoisotopic (exact) mass is 560 g/mol. The van der Waals surface area contributed by atoms with Gasteiger partial charge in [-0.2, -0.15) is 5.26 Å². The Balaban J connectivity index is 2.31. The van der Waals surface area contributed by atoms with Gasteiger partial charge < -0.3 is 14.8 Å². The maximum atomic E-state index is 12.4. The Morgan fingerprint density at radius 2 is 1.84 bits per heavy atom. The van der Waals surface area contributed by atoms with Crippen molar-refractivity contribution in [3.8, 4) is 17.6 Å². The normalized spacial score (nSPS) is 10.8. The number of methoxy groups -OCH3 is 2. The second-order valence-electron chi connectivity index (χ2n) is 4.86. The van der Waals surface area contributed by atoms with Crippen molar-refractivity contribution in [3.05, 3.63) is 54.7 Å². The third kappa shape index (κ3) is 5.09.